The first kappa shape index (κ1) is 22.1. The van der Waals surface area contributed by atoms with Gasteiger partial charge in [-0.2, -0.15) is 8.78 Å². The quantitative estimate of drug-likeness (QED) is 0.306. The zero-order chi connectivity index (χ0) is 22.9. The monoisotopic (exact) mass is 443 g/mol. The first-order chi connectivity index (χ1) is 14.7. The van der Waals surface area contributed by atoms with Crippen LogP contribution in [0.3, 0.4) is 0 Å². The summed E-state index contributed by atoms with van der Waals surface area (Å²) in [7, 11) is 2.20. The Morgan fingerprint density at radius 2 is 1.55 bits per heavy atom. The highest BCUT2D eigenvalue weighted by molar-refractivity contribution is 5.95. The number of amides is 1. The summed E-state index contributed by atoms with van der Waals surface area (Å²) >= 11 is 0. The number of hydrogen-bond acceptors (Lipinski definition) is 6. The van der Waals surface area contributed by atoms with Gasteiger partial charge in [-0.25, -0.2) is 8.78 Å². The van der Waals surface area contributed by atoms with Crippen LogP contribution in [0.2, 0.25) is 0 Å². The highest BCUT2D eigenvalue weighted by Crippen LogP contribution is 2.34. The molecule has 1 amide bonds. The first-order valence-corrected chi connectivity index (χ1v) is 8.97. The summed E-state index contributed by atoms with van der Waals surface area (Å²) in [6.45, 7) is -0.00113. The predicted octanol–water partition coefficient (Wildman–Crippen LogP) is 3.13. The Morgan fingerprint density at radius 1 is 0.968 bits per heavy atom. The van der Waals surface area contributed by atoms with E-state index in [0.29, 0.717) is 5.75 Å². The van der Waals surface area contributed by atoms with E-state index in [2.05, 4.69) is 4.74 Å². The van der Waals surface area contributed by atoms with Crippen LogP contribution in [-0.4, -0.2) is 56.1 Å². The van der Waals surface area contributed by atoms with Gasteiger partial charge in [0, 0.05) is 26.2 Å². The lowest BCUT2D eigenvalue weighted by atomic mass is 10.1. The maximum absolute atomic E-state index is 14.2. The molecule has 1 fully saturated rings. The summed E-state index contributed by atoms with van der Waals surface area (Å²) < 4.78 is 65.6. The maximum Gasteiger partial charge on any atom is 0.296 e. The van der Waals surface area contributed by atoms with Crippen molar-refractivity contribution < 1.29 is 36.8 Å². The molecule has 0 atom stereocenters. The lowest BCUT2D eigenvalue weighted by molar-refractivity contribution is -0.384. The fourth-order valence-electron chi connectivity index (χ4n) is 3.33. The molecular formula is C19H17F4N3O5. The largest absolute Gasteiger partial charge is 0.496 e. The normalized spacial score (nSPS) is 13.9. The summed E-state index contributed by atoms with van der Waals surface area (Å²) in [5, 5.41) is 11.4. The summed E-state index contributed by atoms with van der Waals surface area (Å²) in [4.78, 5) is 26.0. The second-order valence-electron chi connectivity index (χ2n) is 6.56. The molecule has 8 nitrogen and oxygen atoms in total. The van der Waals surface area contributed by atoms with Gasteiger partial charge in [-0.1, -0.05) is 0 Å². The minimum absolute atomic E-state index is 0.0866. The third-order valence-corrected chi connectivity index (χ3v) is 4.93. The highest BCUT2D eigenvalue weighted by Gasteiger charge is 2.34. The second-order valence-corrected chi connectivity index (χ2v) is 6.56. The maximum atomic E-state index is 14.2. The second kappa shape index (κ2) is 8.66. The van der Waals surface area contributed by atoms with Crippen LogP contribution in [0.5, 0.6) is 11.5 Å². The van der Waals surface area contributed by atoms with Gasteiger partial charge in [0.25, 0.3) is 11.6 Å². The number of benzene rings is 2. The van der Waals surface area contributed by atoms with Gasteiger partial charge in [-0.3, -0.25) is 14.9 Å². The van der Waals surface area contributed by atoms with Crippen molar-refractivity contribution in [2.24, 2.45) is 0 Å². The summed E-state index contributed by atoms with van der Waals surface area (Å²) in [6, 6.07) is 4.27. The van der Waals surface area contributed by atoms with Crippen molar-refractivity contribution in [3.05, 3.63) is 57.1 Å². The van der Waals surface area contributed by atoms with Gasteiger partial charge >= 0.3 is 0 Å². The summed E-state index contributed by atoms with van der Waals surface area (Å²) in [5.41, 5.74) is -1.30. The lowest BCUT2D eigenvalue weighted by Crippen LogP contribution is -2.49. The molecule has 31 heavy (non-hydrogen) atoms. The minimum Gasteiger partial charge on any atom is -0.496 e. The number of nitrogens with zero attached hydrogens (tertiary/aromatic N) is 3. The van der Waals surface area contributed by atoms with E-state index in [1.807, 2.05) is 0 Å². The third-order valence-electron chi connectivity index (χ3n) is 4.93. The van der Waals surface area contributed by atoms with E-state index in [9.17, 15) is 32.5 Å². The number of nitro benzene ring substituents is 1. The Labute approximate surface area is 173 Å². The van der Waals surface area contributed by atoms with Crippen molar-refractivity contribution in [2.75, 3.05) is 45.3 Å². The number of rotatable bonds is 5. The zero-order valence-electron chi connectivity index (χ0n) is 16.5. The molecule has 166 valence electrons. The van der Waals surface area contributed by atoms with Crippen LogP contribution >= 0.6 is 0 Å². The predicted molar refractivity (Wildman–Crippen MR) is 101 cm³/mol. The molecule has 1 heterocycles. The first-order valence-electron chi connectivity index (χ1n) is 8.97. The fourth-order valence-corrected chi connectivity index (χ4v) is 3.33. The van der Waals surface area contributed by atoms with Gasteiger partial charge < -0.3 is 19.3 Å². The molecule has 1 saturated heterocycles. The Kier molecular flexibility index (Phi) is 6.18. The van der Waals surface area contributed by atoms with E-state index in [4.69, 9.17) is 4.74 Å². The van der Waals surface area contributed by atoms with Crippen LogP contribution in [0.1, 0.15) is 10.4 Å². The molecule has 0 spiro atoms. The molecule has 0 saturated carbocycles. The smallest absolute Gasteiger partial charge is 0.296 e. The van der Waals surface area contributed by atoms with Crippen LogP contribution in [0, 0.1) is 33.4 Å². The number of ether oxygens (including phenoxy) is 2. The molecule has 0 bridgehead atoms. The van der Waals surface area contributed by atoms with Gasteiger partial charge in [-0.15, -0.1) is 0 Å². The minimum atomic E-state index is -1.85. The number of piperazine rings is 1. The molecule has 0 radical (unpaired) electrons. The molecule has 1 aliphatic heterocycles. The van der Waals surface area contributed by atoms with E-state index in [-0.39, 0.29) is 37.6 Å². The number of carbonyl (C=O) groups is 1. The van der Waals surface area contributed by atoms with Gasteiger partial charge in [0.15, 0.2) is 17.4 Å². The van der Waals surface area contributed by atoms with Gasteiger partial charge in [0.05, 0.1) is 25.2 Å². The SMILES string of the molecule is COc1ccc(N2CCN(C(=O)c3c(F)c(F)c(OC)c(F)c3F)CC2)c([N+](=O)[O-])c1. The van der Waals surface area contributed by atoms with Crippen LogP contribution in [0.25, 0.3) is 0 Å². The molecule has 0 N–H and O–H groups in total. The Balaban J connectivity index is 1.83. The third kappa shape index (κ3) is 3.92. The van der Waals surface area contributed by atoms with Crippen molar-refractivity contribution in [1.82, 2.24) is 4.90 Å². The van der Waals surface area contributed by atoms with Gasteiger partial charge in [0.1, 0.15) is 17.0 Å². The molecular weight excluding hydrogens is 426 g/mol. The van der Waals surface area contributed by atoms with Crippen molar-refractivity contribution in [3.63, 3.8) is 0 Å². The lowest BCUT2D eigenvalue weighted by Gasteiger charge is -2.36. The molecule has 3 rings (SSSR count). The van der Waals surface area contributed by atoms with Gasteiger partial charge in [0.2, 0.25) is 11.6 Å². The number of carbonyl (C=O) groups excluding carboxylic acids is 1. The molecule has 0 aliphatic carbocycles. The highest BCUT2D eigenvalue weighted by atomic mass is 19.2. The number of methoxy groups -OCH3 is 2. The van der Waals surface area contributed by atoms with Crippen LogP contribution in [-0.2, 0) is 0 Å². The number of nitro groups is 1. The van der Waals surface area contributed by atoms with Crippen LogP contribution < -0.4 is 14.4 Å². The average Bonchev–Trinajstić information content (AvgIpc) is 2.78. The van der Waals surface area contributed by atoms with E-state index < -0.39 is 45.4 Å². The van der Waals surface area contributed by atoms with Crippen LogP contribution in [0.15, 0.2) is 18.2 Å². The Bertz CT molecular complexity index is 1010. The Hall–Kier alpha value is -3.57. The van der Waals surface area contributed by atoms with E-state index in [0.717, 1.165) is 12.0 Å². The van der Waals surface area contributed by atoms with E-state index >= 15 is 0 Å². The number of halogens is 4. The topological polar surface area (TPSA) is 85.2 Å². The van der Waals surface area contributed by atoms with Crippen LogP contribution in [0.4, 0.5) is 28.9 Å². The molecule has 12 heteroatoms. The van der Waals surface area contributed by atoms with Crippen molar-refractivity contribution in [2.45, 2.75) is 0 Å². The standard InChI is InChI=1S/C19H17F4N3O5/c1-30-10-3-4-11(12(9-10)26(28)29)24-5-7-25(8-6-24)19(27)13-14(20)16(22)18(31-2)17(23)15(13)21/h3-4,9H,5-8H2,1-2H3. The zero-order valence-corrected chi connectivity index (χ0v) is 16.5. The molecule has 0 aromatic heterocycles. The van der Waals surface area contributed by atoms with Gasteiger partial charge in [-0.05, 0) is 12.1 Å². The molecule has 1 aliphatic rings. The molecule has 2 aromatic carbocycles. The van der Waals surface area contributed by atoms with Crippen molar-refractivity contribution in [1.29, 1.82) is 0 Å². The average molecular weight is 443 g/mol. The number of anilines is 1. The van der Waals surface area contributed by atoms with Crippen molar-refractivity contribution in [3.8, 4) is 11.5 Å². The molecule has 2 aromatic rings. The number of hydrogen-bond donors (Lipinski definition) is 0. The molecule has 0 unspecified atom stereocenters. The van der Waals surface area contributed by atoms with E-state index in [1.54, 1.807) is 4.90 Å². The summed E-state index contributed by atoms with van der Waals surface area (Å²) in [6.07, 6.45) is 0. The Morgan fingerprint density at radius 3 is 2.03 bits per heavy atom. The fraction of sp³-hybridized carbons (Fsp3) is 0.316. The van der Waals surface area contributed by atoms with Crippen molar-refractivity contribution >= 4 is 17.3 Å². The summed E-state index contributed by atoms with van der Waals surface area (Å²) in [5.74, 6) is -9.53. The van der Waals surface area contributed by atoms with E-state index in [1.165, 1.54) is 25.3 Å².